The molecular formula is C38H60O3. The Labute approximate surface area is 251 Å². The largest absolute Gasteiger partial charge is 0.458 e. The lowest BCUT2D eigenvalue weighted by Crippen LogP contribution is -2.67. The molecule has 0 aromatic carbocycles. The van der Waals surface area contributed by atoms with E-state index < -0.39 is 0 Å². The number of ether oxygens (including phenoxy) is 2. The van der Waals surface area contributed by atoms with Crippen molar-refractivity contribution in [3.8, 4) is 0 Å². The topological polar surface area (TPSA) is 35.5 Å². The van der Waals surface area contributed by atoms with Crippen LogP contribution < -0.4 is 0 Å². The molecule has 6 fully saturated rings. The Kier molecular flexibility index (Phi) is 6.73. The minimum absolute atomic E-state index is 0.0130. The van der Waals surface area contributed by atoms with E-state index in [9.17, 15) is 4.79 Å². The molecule has 0 bridgehead atoms. The number of hydrogen-bond donors (Lipinski definition) is 0. The zero-order chi connectivity index (χ0) is 30.0. The normalized spacial score (nSPS) is 50.8. The fourth-order valence-corrected chi connectivity index (χ4v) is 13.2. The number of rotatable bonds is 3. The molecule has 6 rings (SSSR count). The summed E-state index contributed by atoms with van der Waals surface area (Å²) in [5.74, 6) is 3.09. The van der Waals surface area contributed by atoms with Crippen molar-refractivity contribution >= 4 is 5.97 Å². The number of fused-ring (bicyclic) bond motifs is 7. The quantitative estimate of drug-likeness (QED) is 0.194. The van der Waals surface area contributed by atoms with Crippen LogP contribution >= 0.6 is 0 Å². The molecule has 3 heteroatoms. The van der Waals surface area contributed by atoms with Gasteiger partial charge in [-0.25, -0.2) is 4.79 Å². The SMILES string of the molecule is C=C1C[C@H]([C@]23CC[C@@H](C(=C)C)[C@@H]2[C@H]2CC[C@@H]4[C@@]5(C)CC[C@H](OC(C)(C)C)C(C)(C)[C@@H]5CC[C@@]4(C)[C@]2(C)CC3)OC1=O. The number of carbonyl (C=O) groups is 1. The van der Waals surface area contributed by atoms with Crippen LogP contribution in [0, 0.1) is 56.7 Å². The zero-order valence-electron chi connectivity index (χ0n) is 28.0. The van der Waals surface area contributed by atoms with Crippen LogP contribution in [0.25, 0.3) is 0 Å². The molecule has 5 saturated carbocycles. The Morgan fingerprint density at radius 1 is 0.878 bits per heavy atom. The lowest BCUT2D eigenvalue weighted by Gasteiger charge is -2.73. The van der Waals surface area contributed by atoms with Gasteiger partial charge in [0.15, 0.2) is 0 Å². The summed E-state index contributed by atoms with van der Waals surface area (Å²) in [7, 11) is 0. The van der Waals surface area contributed by atoms with Crippen LogP contribution in [0.3, 0.4) is 0 Å². The summed E-state index contributed by atoms with van der Waals surface area (Å²) in [6.07, 6.45) is 13.7. The van der Waals surface area contributed by atoms with Crippen molar-refractivity contribution in [2.24, 2.45) is 56.7 Å². The van der Waals surface area contributed by atoms with Crippen LogP contribution in [-0.2, 0) is 14.3 Å². The van der Waals surface area contributed by atoms with Gasteiger partial charge in [0.05, 0.1) is 11.7 Å². The van der Waals surface area contributed by atoms with Gasteiger partial charge in [0.2, 0.25) is 0 Å². The van der Waals surface area contributed by atoms with Gasteiger partial charge in [0, 0.05) is 17.4 Å². The highest BCUT2D eigenvalue weighted by atomic mass is 16.6. The van der Waals surface area contributed by atoms with E-state index in [0.717, 1.165) is 12.3 Å². The van der Waals surface area contributed by atoms with Crippen LogP contribution in [0.2, 0.25) is 0 Å². The number of esters is 1. The Morgan fingerprint density at radius 3 is 2.20 bits per heavy atom. The highest BCUT2D eigenvalue weighted by molar-refractivity contribution is 5.90. The summed E-state index contributed by atoms with van der Waals surface area (Å²) < 4.78 is 12.9. The van der Waals surface area contributed by atoms with Crippen LogP contribution in [0.5, 0.6) is 0 Å². The maximum Gasteiger partial charge on any atom is 0.333 e. The summed E-state index contributed by atoms with van der Waals surface area (Å²) in [4.78, 5) is 12.6. The van der Waals surface area contributed by atoms with Gasteiger partial charge in [-0.2, -0.15) is 0 Å². The first-order valence-electron chi connectivity index (χ1n) is 17.1. The summed E-state index contributed by atoms with van der Waals surface area (Å²) in [5.41, 5.74) is 3.22. The van der Waals surface area contributed by atoms with Crippen molar-refractivity contribution in [2.45, 2.75) is 151 Å². The second kappa shape index (κ2) is 9.21. The van der Waals surface area contributed by atoms with Gasteiger partial charge in [-0.1, -0.05) is 53.3 Å². The highest BCUT2D eigenvalue weighted by Gasteiger charge is 2.72. The number of carbonyl (C=O) groups excluding carboxylic acids is 1. The molecule has 6 aliphatic rings. The Balaban J connectivity index is 1.35. The molecule has 0 N–H and O–H groups in total. The molecule has 3 nitrogen and oxygen atoms in total. The standard InChI is InChI=1S/C38H60O3/c1-23(2)25-14-19-38(30-22-24(3)32(39)40-30)21-20-36(10)26(31(25)38)12-13-28-35(9)17-16-29(41-33(4,5)6)34(7,8)27(35)15-18-37(28,36)11/h25-31H,1,3,12-22H2,2,4-11H3/t25-,26+,27-,28+,29-,30+,31+,35-,36+,37+,38+/m0/s1. The van der Waals surface area contributed by atoms with E-state index in [0.29, 0.717) is 51.6 Å². The smallest absolute Gasteiger partial charge is 0.333 e. The zero-order valence-corrected chi connectivity index (χ0v) is 28.0. The molecule has 1 saturated heterocycles. The van der Waals surface area contributed by atoms with Crippen molar-refractivity contribution in [3.05, 3.63) is 24.3 Å². The van der Waals surface area contributed by atoms with Crippen molar-refractivity contribution in [1.29, 1.82) is 0 Å². The van der Waals surface area contributed by atoms with E-state index in [1.165, 1.54) is 69.8 Å². The van der Waals surface area contributed by atoms with Crippen molar-refractivity contribution < 1.29 is 14.3 Å². The Bertz CT molecular complexity index is 1110. The molecule has 5 aliphatic carbocycles. The van der Waals surface area contributed by atoms with E-state index in [2.05, 4.69) is 75.5 Å². The van der Waals surface area contributed by atoms with Crippen LogP contribution in [0.4, 0.5) is 0 Å². The first-order valence-corrected chi connectivity index (χ1v) is 17.1. The highest BCUT2D eigenvalue weighted by Crippen LogP contribution is 2.78. The molecule has 1 aliphatic heterocycles. The molecule has 1 heterocycles. The third-order valence-electron chi connectivity index (χ3n) is 15.2. The maximum atomic E-state index is 12.6. The molecular weight excluding hydrogens is 504 g/mol. The van der Waals surface area contributed by atoms with Crippen molar-refractivity contribution in [1.82, 2.24) is 0 Å². The molecule has 0 spiro atoms. The van der Waals surface area contributed by atoms with Crippen molar-refractivity contribution in [2.75, 3.05) is 0 Å². The van der Waals surface area contributed by atoms with Gasteiger partial charge in [0.25, 0.3) is 0 Å². The molecule has 0 unspecified atom stereocenters. The number of hydrogen-bond acceptors (Lipinski definition) is 3. The van der Waals surface area contributed by atoms with Gasteiger partial charge in [-0.15, -0.1) is 0 Å². The van der Waals surface area contributed by atoms with Gasteiger partial charge in [-0.05, 0) is 143 Å². The molecule has 0 radical (unpaired) electrons. The summed E-state index contributed by atoms with van der Waals surface area (Å²) >= 11 is 0. The fourth-order valence-electron chi connectivity index (χ4n) is 13.2. The minimum Gasteiger partial charge on any atom is -0.458 e. The van der Waals surface area contributed by atoms with Crippen molar-refractivity contribution in [3.63, 3.8) is 0 Å². The van der Waals surface area contributed by atoms with E-state index in [1.54, 1.807) is 0 Å². The molecule has 230 valence electrons. The van der Waals surface area contributed by atoms with Gasteiger partial charge in [0.1, 0.15) is 6.10 Å². The monoisotopic (exact) mass is 564 g/mol. The third kappa shape index (κ3) is 4.01. The van der Waals surface area contributed by atoms with Gasteiger partial charge >= 0.3 is 5.97 Å². The van der Waals surface area contributed by atoms with Crippen LogP contribution in [0.15, 0.2) is 24.3 Å². The summed E-state index contributed by atoms with van der Waals surface area (Å²) in [6, 6.07) is 0. The second-order valence-corrected chi connectivity index (χ2v) is 18.2. The molecule has 0 aromatic heterocycles. The van der Waals surface area contributed by atoms with E-state index in [1.807, 2.05) is 0 Å². The Morgan fingerprint density at radius 2 is 1.59 bits per heavy atom. The molecule has 11 atom stereocenters. The number of cyclic esters (lactones) is 1. The van der Waals surface area contributed by atoms with Crippen LogP contribution in [-0.4, -0.2) is 23.8 Å². The average molecular weight is 565 g/mol. The number of allylic oxidation sites excluding steroid dienone is 1. The first-order chi connectivity index (χ1) is 18.9. The lowest BCUT2D eigenvalue weighted by molar-refractivity contribution is -0.262. The van der Waals surface area contributed by atoms with E-state index >= 15 is 0 Å². The van der Waals surface area contributed by atoms with E-state index in [-0.39, 0.29) is 28.5 Å². The summed E-state index contributed by atoms with van der Waals surface area (Å²) in [5, 5.41) is 0. The minimum atomic E-state index is -0.147. The lowest BCUT2D eigenvalue weighted by atomic mass is 9.32. The predicted octanol–water partition coefficient (Wildman–Crippen LogP) is 9.70. The van der Waals surface area contributed by atoms with Gasteiger partial charge in [-0.3, -0.25) is 0 Å². The summed E-state index contributed by atoms with van der Waals surface area (Å²) in [6.45, 7) is 30.8. The second-order valence-electron chi connectivity index (χ2n) is 18.2. The molecule has 0 aromatic rings. The molecule has 41 heavy (non-hydrogen) atoms. The fraction of sp³-hybridized carbons (Fsp3) is 0.868. The first kappa shape index (κ1) is 30.0. The predicted molar refractivity (Wildman–Crippen MR) is 167 cm³/mol. The third-order valence-corrected chi connectivity index (χ3v) is 15.2. The Hall–Kier alpha value is -1.09. The maximum absolute atomic E-state index is 12.6. The average Bonchev–Trinajstić information content (AvgIpc) is 3.42. The van der Waals surface area contributed by atoms with Gasteiger partial charge < -0.3 is 9.47 Å². The van der Waals surface area contributed by atoms with E-state index in [4.69, 9.17) is 9.47 Å². The molecule has 0 amide bonds. The van der Waals surface area contributed by atoms with Crippen LogP contribution in [0.1, 0.15) is 133 Å².